The van der Waals surface area contributed by atoms with E-state index in [9.17, 15) is 0 Å². The van der Waals surface area contributed by atoms with Crippen molar-refractivity contribution in [1.82, 2.24) is 0 Å². The molecule has 2 rings (SSSR count). The van der Waals surface area contributed by atoms with Gasteiger partial charge in [0.15, 0.2) is 0 Å². The van der Waals surface area contributed by atoms with E-state index in [2.05, 4.69) is 85.8 Å². The van der Waals surface area contributed by atoms with Gasteiger partial charge in [-0.3, -0.25) is 0 Å². The Morgan fingerprint density at radius 3 is 2.20 bits per heavy atom. The third kappa shape index (κ3) is 4.55. The van der Waals surface area contributed by atoms with Crippen LogP contribution in [0.3, 0.4) is 0 Å². The standard InChI is InChI=1S/C20H22/c1-2-3-4-9-16-20(19-14-10-6-11-15-19)17-18-12-7-5-8-13-18/h5-17H,2-4H2,1H3/b16-9-,20-17-. The molecule has 2 aromatic rings. The van der Waals surface area contributed by atoms with Crippen LogP contribution in [0.5, 0.6) is 0 Å². The molecule has 0 aliphatic heterocycles. The van der Waals surface area contributed by atoms with Crippen molar-refractivity contribution in [3.8, 4) is 0 Å². The monoisotopic (exact) mass is 262 g/mol. The van der Waals surface area contributed by atoms with E-state index in [0.29, 0.717) is 0 Å². The van der Waals surface area contributed by atoms with Crippen LogP contribution in [0, 0.1) is 0 Å². The second-order valence-corrected chi connectivity index (χ2v) is 4.92. The van der Waals surface area contributed by atoms with E-state index < -0.39 is 0 Å². The van der Waals surface area contributed by atoms with Crippen LogP contribution in [-0.2, 0) is 0 Å². The minimum atomic E-state index is 1.15. The summed E-state index contributed by atoms with van der Waals surface area (Å²) in [6.07, 6.45) is 10.4. The summed E-state index contributed by atoms with van der Waals surface area (Å²) in [5.74, 6) is 0. The minimum Gasteiger partial charge on any atom is -0.0839 e. The molecule has 0 atom stereocenters. The van der Waals surface area contributed by atoms with Crippen molar-refractivity contribution < 1.29 is 0 Å². The van der Waals surface area contributed by atoms with Crippen LogP contribution < -0.4 is 0 Å². The lowest BCUT2D eigenvalue weighted by Crippen LogP contribution is -1.81. The van der Waals surface area contributed by atoms with Gasteiger partial charge < -0.3 is 0 Å². The molecule has 0 radical (unpaired) electrons. The molecule has 102 valence electrons. The summed E-state index contributed by atoms with van der Waals surface area (Å²) < 4.78 is 0. The summed E-state index contributed by atoms with van der Waals surface area (Å²) in [7, 11) is 0. The normalized spacial score (nSPS) is 11.9. The summed E-state index contributed by atoms with van der Waals surface area (Å²) in [5.41, 5.74) is 3.78. The fourth-order valence-corrected chi connectivity index (χ4v) is 2.12. The van der Waals surface area contributed by atoms with Crippen molar-refractivity contribution >= 4 is 11.6 Å². The van der Waals surface area contributed by atoms with Crippen molar-refractivity contribution in [3.63, 3.8) is 0 Å². The Labute approximate surface area is 122 Å². The molecule has 0 N–H and O–H groups in total. The number of unbranched alkanes of at least 4 members (excludes halogenated alkanes) is 2. The second-order valence-electron chi connectivity index (χ2n) is 4.92. The Balaban J connectivity index is 2.25. The number of allylic oxidation sites excluding steroid dienone is 3. The zero-order valence-corrected chi connectivity index (χ0v) is 12.1. The molecule has 0 saturated heterocycles. The van der Waals surface area contributed by atoms with Crippen molar-refractivity contribution in [3.05, 3.63) is 83.9 Å². The molecule has 0 aromatic heterocycles. The number of rotatable bonds is 6. The molecule has 0 saturated carbocycles. The second kappa shape index (κ2) is 8.16. The van der Waals surface area contributed by atoms with Crippen LogP contribution in [0.25, 0.3) is 11.6 Å². The van der Waals surface area contributed by atoms with Gasteiger partial charge in [0.05, 0.1) is 0 Å². The quantitative estimate of drug-likeness (QED) is 0.341. The predicted octanol–water partition coefficient (Wildman–Crippen LogP) is 5.97. The van der Waals surface area contributed by atoms with Gasteiger partial charge in [-0.05, 0) is 29.2 Å². The molecule has 0 fully saturated rings. The SMILES string of the molecule is CCCC/C=C\C(=C\c1ccccc1)c1ccccc1. The first-order chi connectivity index (χ1) is 9.90. The van der Waals surface area contributed by atoms with E-state index in [1.165, 1.54) is 29.5 Å². The molecule has 0 aliphatic rings. The zero-order valence-electron chi connectivity index (χ0n) is 12.1. The van der Waals surface area contributed by atoms with Gasteiger partial charge in [0.1, 0.15) is 0 Å². The first-order valence-electron chi connectivity index (χ1n) is 7.39. The fourth-order valence-electron chi connectivity index (χ4n) is 2.12. The average Bonchev–Trinajstić information content (AvgIpc) is 2.52. The molecule has 0 heterocycles. The van der Waals surface area contributed by atoms with Crippen molar-refractivity contribution in [2.24, 2.45) is 0 Å². The summed E-state index contributed by atoms with van der Waals surface area (Å²) in [6, 6.07) is 21.1. The van der Waals surface area contributed by atoms with E-state index in [4.69, 9.17) is 0 Å². The lowest BCUT2D eigenvalue weighted by molar-refractivity contribution is 0.815. The van der Waals surface area contributed by atoms with Gasteiger partial charge in [0.25, 0.3) is 0 Å². The van der Waals surface area contributed by atoms with E-state index >= 15 is 0 Å². The first kappa shape index (κ1) is 14.3. The molecule has 0 amide bonds. The molecule has 0 unspecified atom stereocenters. The lowest BCUT2D eigenvalue weighted by Gasteiger charge is -2.03. The third-order valence-corrected chi connectivity index (χ3v) is 3.25. The van der Waals surface area contributed by atoms with E-state index in [1.54, 1.807) is 0 Å². The molecule has 0 spiro atoms. The number of hydrogen-bond donors (Lipinski definition) is 0. The van der Waals surface area contributed by atoms with Crippen LogP contribution in [-0.4, -0.2) is 0 Å². The van der Waals surface area contributed by atoms with Gasteiger partial charge in [0, 0.05) is 0 Å². The zero-order chi connectivity index (χ0) is 14.0. The van der Waals surface area contributed by atoms with Gasteiger partial charge >= 0.3 is 0 Å². The first-order valence-corrected chi connectivity index (χ1v) is 7.39. The molecular weight excluding hydrogens is 240 g/mol. The molecule has 0 nitrogen and oxygen atoms in total. The molecule has 0 aliphatic carbocycles. The van der Waals surface area contributed by atoms with Crippen LogP contribution in [0.15, 0.2) is 72.8 Å². The molecule has 0 bridgehead atoms. The average molecular weight is 262 g/mol. The van der Waals surface area contributed by atoms with Gasteiger partial charge in [-0.15, -0.1) is 0 Å². The predicted molar refractivity (Wildman–Crippen MR) is 89.4 cm³/mol. The molecule has 20 heavy (non-hydrogen) atoms. The highest BCUT2D eigenvalue weighted by molar-refractivity contribution is 5.87. The van der Waals surface area contributed by atoms with E-state index in [-0.39, 0.29) is 0 Å². The smallest absolute Gasteiger partial charge is 0.0181 e. The lowest BCUT2D eigenvalue weighted by atomic mass is 10.0. The number of benzene rings is 2. The van der Waals surface area contributed by atoms with Crippen molar-refractivity contribution in [1.29, 1.82) is 0 Å². The third-order valence-electron chi connectivity index (χ3n) is 3.25. The highest BCUT2D eigenvalue weighted by Crippen LogP contribution is 2.20. The van der Waals surface area contributed by atoms with E-state index in [0.717, 1.165) is 6.42 Å². The summed E-state index contributed by atoms with van der Waals surface area (Å²) in [6.45, 7) is 2.23. The van der Waals surface area contributed by atoms with Crippen LogP contribution in [0.2, 0.25) is 0 Å². The maximum Gasteiger partial charge on any atom is -0.0181 e. The molecule has 0 heteroatoms. The van der Waals surface area contributed by atoms with Crippen LogP contribution in [0.1, 0.15) is 37.3 Å². The van der Waals surface area contributed by atoms with Crippen LogP contribution >= 0.6 is 0 Å². The Morgan fingerprint density at radius 2 is 1.55 bits per heavy atom. The van der Waals surface area contributed by atoms with Gasteiger partial charge in [-0.1, -0.05) is 92.6 Å². The number of hydrogen-bond acceptors (Lipinski definition) is 0. The summed E-state index contributed by atoms with van der Waals surface area (Å²) in [4.78, 5) is 0. The maximum absolute atomic E-state index is 2.28. The largest absolute Gasteiger partial charge is 0.0839 e. The van der Waals surface area contributed by atoms with Crippen molar-refractivity contribution in [2.75, 3.05) is 0 Å². The maximum atomic E-state index is 2.28. The van der Waals surface area contributed by atoms with Gasteiger partial charge in [-0.2, -0.15) is 0 Å². The minimum absolute atomic E-state index is 1.15. The van der Waals surface area contributed by atoms with Crippen molar-refractivity contribution in [2.45, 2.75) is 26.2 Å². The Hall–Kier alpha value is -2.08. The Bertz CT molecular complexity index is 547. The highest BCUT2D eigenvalue weighted by Gasteiger charge is 1.97. The molecule has 2 aromatic carbocycles. The van der Waals surface area contributed by atoms with E-state index in [1.807, 2.05) is 0 Å². The summed E-state index contributed by atoms with van der Waals surface area (Å²) in [5, 5.41) is 0. The van der Waals surface area contributed by atoms with Gasteiger partial charge in [0.2, 0.25) is 0 Å². The van der Waals surface area contributed by atoms with Gasteiger partial charge in [-0.25, -0.2) is 0 Å². The topological polar surface area (TPSA) is 0 Å². The highest BCUT2D eigenvalue weighted by atomic mass is 14.0. The summed E-state index contributed by atoms with van der Waals surface area (Å²) >= 11 is 0. The fraction of sp³-hybridized carbons (Fsp3) is 0.200. The van der Waals surface area contributed by atoms with Crippen LogP contribution in [0.4, 0.5) is 0 Å². The Morgan fingerprint density at radius 1 is 0.900 bits per heavy atom. The Kier molecular flexibility index (Phi) is 5.85. The molecular formula is C20H22.